The van der Waals surface area contributed by atoms with Crippen molar-refractivity contribution in [2.75, 3.05) is 17.2 Å². The van der Waals surface area contributed by atoms with Gasteiger partial charge in [0.1, 0.15) is 5.76 Å². The molecular formula is C28H23N3O5. The molecule has 1 aliphatic carbocycles. The van der Waals surface area contributed by atoms with Crippen LogP contribution >= 0.6 is 0 Å². The van der Waals surface area contributed by atoms with E-state index in [1.807, 2.05) is 42.5 Å². The Labute approximate surface area is 207 Å². The van der Waals surface area contributed by atoms with Crippen molar-refractivity contribution in [1.29, 1.82) is 0 Å². The molecule has 0 fully saturated rings. The number of para-hydroxylation sites is 1. The van der Waals surface area contributed by atoms with E-state index in [1.54, 1.807) is 30.5 Å². The van der Waals surface area contributed by atoms with Crippen LogP contribution in [0, 0.1) is 0 Å². The lowest BCUT2D eigenvalue weighted by Crippen LogP contribution is -2.21. The van der Waals surface area contributed by atoms with E-state index in [-0.39, 0.29) is 5.91 Å². The van der Waals surface area contributed by atoms with Gasteiger partial charge in [0.05, 0.1) is 23.0 Å². The van der Waals surface area contributed by atoms with Gasteiger partial charge >= 0.3 is 5.97 Å². The second-order valence-corrected chi connectivity index (χ2v) is 8.40. The number of allylic oxidation sites excluding steroid dienone is 1. The molecule has 4 aromatic rings. The summed E-state index contributed by atoms with van der Waals surface area (Å²) in [6.45, 7) is 0.981. The van der Waals surface area contributed by atoms with Crippen molar-refractivity contribution in [3.63, 3.8) is 0 Å². The standard InChI is InChI=1S/C28H23N3O5/c1-17(32)29-19-9-11-20(12-10-19)30-25(33)16-36-28(34)26-22-6-2-3-7-24(22)31-27-18(8-13-23(26)27)15-21-5-4-14-35-21/h2-7,9-12,14-15H,8,13,16H2,1H3,(H,29,32)(H,30,33). The summed E-state index contributed by atoms with van der Waals surface area (Å²) >= 11 is 0. The number of hydrogen-bond donors (Lipinski definition) is 2. The number of fused-ring (bicyclic) bond motifs is 2. The minimum Gasteiger partial charge on any atom is -0.465 e. The van der Waals surface area contributed by atoms with Gasteiger partial charge in [0.25, 0.3) is 5.91 Å². The fourth-order valence-corrected chi connectivity index (χ4v) is 4.30. The minimum absolute atomic E-state index is 0.183. The topological polar surface area (TPSA) is 111 Å². The van der Waals surface area contributed by atoms with Crippen LogP contribution in [0.3, 0.4) is 0 Å². The maximum absolute atomic E-state index is 13.2. The summed E-state index contributed by atoms with van der Waals surface area (Å²) in [5.74, 6) is -0.500. The second kappa shape index (κ2) is 9.87. The summed E-state index contributed by atoms with van der Waals surface area (Å²) in [7, 11) is 0. The van der Waals surface area contributed by atoms with Crippen molar-refractivity contribution in [3.8, 4) is 0 Å². The van der Waals surface area contributed by atoms with Crippen LogP contribution in [0.2, 0.25) is 0 Å². The van der Waals surface area contributed by atoms with Gasteiger partial charge in [-0.05, 0) is 72.5 Å². The molecule has 1 aliphatic rings. The summed E-state index contributed by atoms with van der Waals surface area (Å²) in [5.41, 5.74) is 4.80. The van der Waals surface area contributed by atoms with Gasteiger partial charge in [-0.3, -0.25) is 9.59 Å². The van der Waals surface area contributed by atoms with Gasteiger partial charge < -0.3 is 19.8 Å². The van der Waals surface area contributed by atoms with Crippen LogP contribution in [-0.4, -0.2) is 29.4 Å². The third-order valence-corrected chi connectivity index (χ3v) is 5.83. The molecular weight excluding hydrogens is 458 g/mol. The first-order chi connectivity index (χ1) is 17.5. The molecule has 0 saturated heterocycles. The fraction of sp³-hybridized carbons (Fsp3) is 0.143. The molecule has 0 bridgehead atoms. The van der Waals surface area contributed by atoms with Crippen LogP contribution in [0.5, 0.6) is 0 Å². The van der Waals surface area contributed by atoms with Gasteiger partial charge in [-0.25, -0.2) is 9.78 Å². The van der Waals surface area contributed by atoms with Gasteiger partial charge in [0.15, 0.2) is 6.61 Å². The number of amides is 2. The number of nitrogens with one attached hydrogen (secondary N) is 2. The van der Waals surface area contributed by atoms with Crippen LogP contribution in [0.15, 0.2) is 71.3 Å². The molecule has 8 nitrogen and oxygen atoms in total. The summed E-state index contributed by atoms with van der Waals surface area (Å²) in [6, 6.07) is 17.7. The predicted molar refractivity (Wildman–Crippen MR) is 136 cm³/mol. The van der Waals surface area contributed by atoms with Crippen LogP contribution in [0.25, 0.3) is 22.6 Å². The second-order valence-electron chi connectivity index (χ2n) is 8.40. The lowest BCUT2D eigenvalue weighted by atomic mass is 10.0. The Morgan fingerprint density at radius 3 is 2.44 bits per heavy atom. The van der Waals surface area contributed by atoms with Gasteiger partial charge in [0.2, 0.25) is 5.91 Å². The highest BCUT2D eigenvalue weighted by Gasteiger charge is 2.28. The van der Waals surface area contributed by atoms with E-state index < -0.39 is 18.5 Å². The summed E-state index contributed by atoms with van der Waals surface area (Å²) in [4.78, 5) is 41.6. The Bertz CT molecular complexity index is 1490. The third-order valence-electron chi connectivity index (χ3n) is 5.83. The van der Waals surface area contributed by atoms with Crippen molar-refractivity contribution in [2.24, 2.45) is 0 Å². The van der Waals surface area contributed by atoms with Crippen LogP contribution < -0.4 is 10.6 Å². The van der Waals surface area contributed by atoms with Gasteiger partial charge in [-0.2, -0.15) is 0 Å². The molecule has 2 aromatic heterocycles. The lowest BCUT2D eigenvalue weighted by Gasteiger charge is -2.12. The monoisotopic (exact) mass is 481 g/mol. The average molecular weight is 482 g/mol. The third kappa shape index (κ3) is 4.88. The maximum Gasteiger partial charge on any atom is 0.339 e. The number of carbonyl (C=O) groups is 3. The quantitative estimate of drug-likeness (QED) is 0.372. The maximum atomic E-state index is 13.2. The normalized spacial score (nSPS) is 13.4. The van der Waals surface area contributed by atoms with Crippen molar-refractivity contribution < 1.29 is 23.5 Å². The summed E-state index contributed by atoms with van der Waals surface area (Å²) in [6.07, 6.45) is 4.90. The zero-order valence-electron chi connectivity index (χ0n) is 19.5. The highest BCUT2D eigenvalue weighted by atomic mass is 16.5. The smallest absolute Gasteiger partial charge is 0.339 e. The molecule has 2 aromatic carbocycles. The Morgan fingerprint density at radius 2 is 1.72 bits per heavy atom. The minimum atomic E-state index is -0.569. The van der Waals surface area contributed by atoms with E-state index in [0.717, 1.165) is 22.6 Å². The highest BCUT2D eigenvalue weighted by Crippen LogP contribution is 2.37. The molecule has 2 heterocycles. The zero-order valence-corrected chi connectivity index (χ0v) is 19.5. The molecule has 0 unspecified atom stereocenters. The number of benzene rings is 2. The van der Waals surface area contributed by atoms with Crippen molar-refractivity contribution in [2.45, 2.75) is 19.8 Å². The van der Waals surface area contributed by atoms with Crippen molar-refractivity contribution in [3.05, 3.63) is 89.5 Å². The molecule has 0 spiro atoms. The number of aromatic nitrogens is 1. The Balaban J connectivity index is 1.35. The number of rotatable bonds is 6. The first kappa shape index (κ1) is 23.0. The predicted octanol–water partition coefficient (Wildman–Crippen LogP) is 5.07. The average Bonchev–Trinajstić information content (AvgIpc) is 3.52. The van der Waals surface area contributed by atoms with E-state index in [1.165, 1.54) is 6.92 Å². The molecule has 36 heavy (non-hydrogen) atoms. The summed E-state index contributed by atoms with van der Waals surface area (Å²) in [5, 5.41) is 6.04. The van der Waals surface area contributed by atoms with Gasteiger partial charge in [0, 0.05) is 23.7 Å². The number of furan rings is 1. The van der Waals surface area contributed by atoms with Crippen LogP contribution in [-0.2, 0) is 20.7 Å². The lowest BCUT2D eigenvalue weighted by molar-refractivity contribution is -0.119. The van der Waals surface area contributed by atoms with Gasteiger partial charge in [-0.1, -0.05) is 18.2 Å². The number of ether oxygens (including phenoxy) is 1. The number of pyridine rings is 1. The number of hydrogen-bond acceptors (Lipinski definition) is 6. The Kier molecular flexibility index (Phi) is 6.32. The Hall–Kier alpha value is -4.72. The van der Waals surface area contributed by atoms with Crippen molar-refractivity contribution in [1.82, 2.24) is 4.98 Å². The zero-order chi connectivity index (χ0) is 25.1. The number of anilines is 2. The van der Waals surface area contributed by atoms with E-state index in [4.69, 9.17) is 14.1 Å². The highest BCUT2D eigenvalue weighted by molar-refractivity contribution is 6.08. The molecule has 0 saturated carbocycles. The number of carbonyl (C=O) groups excluding carboxylic acids is 3. The first-order valence-electron chi connectivity index (χ1n) is 11.5. The molecule has 8 heteroatoms. The van der Waals surface area contributed by atoms with Gasteiger partial charge in [-0.15, -0.1) is 0 Å². The molecule has 2 N–H and O–H groups in total. The molecule has 5 rings (SSSR count). The molecule has 0 aliphatic heterocycles. The fourth-order valence-electron chi connectivity index (χ4n) is 4.30. The van der Waals surface area contributed by atoms with Crippen LogP contribution in [0.1, 0.15) is 40.7 Å². The van der Waals surface area contributed by atoms with Crippen molar-refractivity contribution >= 4 is 51.7 Å². The van der Waals surface area contributed by atoms with Crippen LogP contribution in [0.4, 0.5) is 11.4 Å². The first-order valence-corrected chi connectivity index (χ1v) is 11.5. The molecule has 0 atom stereocenters. The molecule has 0 radical (unpaired) electrons. The largest absolute Gasteiger partial charge is 0.465 e. The molecule has 2 amide bonds. The van der Waals surface area contributed by atoms with E-state index in [2.05, 4.69) is 10.6 Å². The Morgan fingerprint density at radius 1 is 0.972 bits per heavy atom. The van der Waals surface area contributed by atoms with E-state index in [9.17, 15) is 14.4 Å². The summed E-state index contributed by atoms with van der Waals surface area (Å²) < 4.78 is 10.9. The molecule has 180 valence electrons. The van der Waals surface area contributed by atoms with E-state index >= 15 is 0 Å². The SMILES string of the molecule is CC(=O)Nc1ccc(NC(=O)COC(=O)c2c3c(nc4ccccc24)C(=Cc2ccco2)CC3)cc1. The number of nitrogens with zero attached hydrogens (tertiary/aromatic N) is 1. The van der Waals surface area contributed by atoms with E-state index in [0.29, 0.717) is 40.7 Å². The number of esters is 1.